The molecule has 2 aromatic rings. The molecule has 8 heteroatoms. The van der Waals surface area contributed by atoms with Crippen LogP contribution in [0.1, 0.15) is 10.4 Å². The van der Waals surface area contributed by atoms with Gasteiger partial charge in [-0.25, -0.2) is 8.42 Å². The maximum absolute atomic E-state index is 12.6. The Hall–Kier alpha value is -0.250. The van der Waals surface area contributed by atoms with Crippen molar-refractivity contribution in [1.29, 1.82) is 0 Å². The monoisotopic (exact) mass is 394 g/mol. The Labute approximate surface area is 135 Å². The molecule has 0 amide bonds. The molecule has 0 radical (unpaired) electrons. The summed E-state index contributed by atoms with van der Waals surface area (Å²) in [5.41, 5.74) is 1.00. The summed E-state index contributed by atoms with van der Waals surface area (Å²) in [5.74, 6) is 0. The summed E-state index contributed by atoms with van der Waals surface area (Å²) >= 11 is 6.36. The number of hydrogen-bond acceptors (Lipinski definition) is 5. The summed E-state index contributed by atoms with van der Waals surface area (Å²) in [5, 5.41) is 6.93. The van der Waals surface area contributed by atoms with Crippen molar-refractivity contribution in [2.45, 2.75) is 18.0 Å². The van der Waals surface area contributed by atoms with Gasteiger partial charge in [-0.1, -0.05) is 0 Å². The molecule has 0 aliphatic heterocycles. The molecule has 0 unspecified atom stereocenters. The number of thiophene rings is 2. The van der Waals surface area contributed by atoms with Gasteiger partial charge in [0, 0.05) is 25.0 Å². The topological polar surface area (TPSA) is 49.4 Å². The second kappa shape index (κ2) is 6.67. The number of sulfonamides is 1. The fourth-order valence-electron chi connectivity index (χ4n) is 1.73. The average molecular weight is 395 g/mol. The molecule has 0 aromatic carbocycles. The molecule has 0 atom stereocenters. The maximum atomic E-state index is 12.6. The van der Waals surface area contributed by atoms with E-state index >= 15 is 0 Å². The van der Waals surface area contributed by atoms with E-state index in [4.69, 9.17) is 0 Å². The summed E-state index contributed by atoms with van der Waals surface area (Å²) in [6.07, 6.45) is 0. The van der Waals surface area contributed by atoms with Gasteiger partial charge in [0.1, 0.15) is 4.90 Å². The molecule has 0 spiro atoms. The summed E-state index contributed by atoms with van der Waals surface area (Å²) in [6.45, 7) is 1.04. The lowest BCUT2D eigenvalue weighted by atomic mass is 10.3. The van der Waals surface area contributed by atoms with E-state index in [1.807, 2.05) is 23.9 Å². The number of nitrogens with zero attached hydrogens (tertiary/aromatic N) is 1. The van der Waals surface area contributed by atoms with Crippen molar-refractivity contribution in [2.24, 2.45) is 0 Å². The third-order valence-corrected chi connectivity index (χ3v) is 7.52. The highest BCUT2D eigenvalue weighted by Gasteiger charge is 2.25. The number of nitrogens with one attached hydrogen (secondary N) is 1. The van der Waals surface area contributed by atoms with Crippen LogP contribution >= 0.6 is 38.6 Å². The van der Waals surface area contributed by atoms with Crippen LogP contribution in [-0.2, 0) is 23.1 Å². The molecule has 0 fully saturated rings. The molecule has 0 saturated carbocycles. The highest BCUT2D eigenvalue weighted by atomic mass is 79.9. The highest BCUT2D eigenvalue weighted by Crippen LogP contribution is 2.33. The zero-order chi connectivity index (χ0) is 14.8. The van der Waals surface area contributed by atoms with Crippen molar-refractivity contribution >= 4 is 48.6 Å². The largest absolute Gasteiger partial charge is 0.315 e. The van der Waals surface area contributed by atoms with Crippen molar-refractivity contribution in [1.82, 2.24) is 9.62 Å². The molecular formula is C12H15BrN2O2S3. The van der Waals surface area contributed by atoms with Crippen LogP contribution in [0.5, 0.6) is 0 Å². The van der Waals surface area contributed by atoms with Crippen LogP contribution in [0.3, 0.4) is 0 Å². The van der Waals surface area contributed by atoms with Gasteiger partial charge in [-0.05, 0) is 51.4 Å². The Morgan fingerprint density at radius 2 is 2.20 bits per heavy atom. The van der Waals surface area contributed by atoms with Gasteiger partial charge in [0.05, 0.1) is 3.79 Å². The zero-order valence-corrected chi connectivity index (χ0v) is 15.1. The Balaban J connectivity index is 2.25. The van der Waals surface area contributed by atoms with E-state index in [1.165, 1.54) is 15.6 Å². The first kappa shape index (κ1) is 16.1. The van der Waals surface area contributed by atoms with Crippen LogP contribution in [0.4, 0.5) is 0 Å². The van der Waals surface area contributed by atoms with Crippen molar-refractivity contribution < 1.29 is 8.42 Å². The summed E-state index contributed by atoms with van der Waals surface area (Å²) < 4.78 is 27.2. The van der Waals surface area contributed by atoms with Gasteiger partial charge < -0.3 is 5.32 Å². The summed E-state index contributed by atoms with van der Waals surface area (Å²) in [4.78, 5) is 1.33. The SMILES string of the molecule is CNCc1cc(S(=O)(=O)N(C)Cc2ccsc2)c(Br)s1. The molecule has 0 aliphatic carbocycles. The maximum Gasteiger partial charge on any atom is 0.245 e. The number of hydrogen-bond donors (Lipinski definition) is 1. The fourth-order valence-corrected chi connectivity index (χ4v) is 6.19. The predicted molar refractivity (Wildman–Crippen MR) is 87.8 cm³/mol. The quantitative estimate of drug-likeness (QED) is 0.818. The van der Waals surface area contributed by atoms with E-state index in [-0.39, 0.29) is 0 Å². The normalized spacial score (nSPS) is 12.2. The standard InChI is InChI=1S/C12H15BrN2O2S3/c1-14-6-10-5-11(12(13)19-10)20(16,17)15(2)7-9-3-4-18-8-9/h3-5,8,14H,6-7H2,1-2H3. The smallest absolute Gasteiger partial charge is 0.245 e. The van der Waals surface area contributed by atoms with Gasteiger partial charge in [-0.3, -0.25) is 0 Å². The summed E-state index contributed by atoms with van der Waals surface area (Å²) in [7, 11) is -0.0257. The first-order valence-electron chi connectivity index (χ1n) is 5.85. The highest BCUT2D eigenvalue weighted by molar-refractivity contribution is 9.11. The molecule has 110 valence electrons. The Bertz CT molecular complexity index is 665. The second-order valence-electron chi connectivity index (χ2n) is 4.27. The molecular weight excluding hydrogens is 380 g/mol. The molecule has 2 aromatic heterocycles. The predicted octanol–water partition coefficient (Wildman–Crippen LogP) is 3.11. The van der Waals surface area contributed by atoms with Crippen LogP contribution in [-0.4, -0.2) is 26.8 Å². The van der Waals surface area contributed by atoms with Gasteiger partial charge in [0.25, 0.3) is 0 Å². The van der Waals surface area contributed by atoms with Crippen molar-refractivity contribution in [2.75, 3.05) is 14.1 Å². The molecule has 2 rings (SSSR count). The minimum Gasteiger partial charge on any atom is -0.315 e. The van der Waals surface area contributed by atoms with E-state index in [0.29, 0.717) is 21.8 Å². The van der Waals surface area contributed by atoms with Gasteiger partial charge in [-0.15, -0.1) is 11.3 Å². The molecule has 0 saturated heterocycles. The van der Waals surface area contributed by atoms with E-state index in [9.17, 15) is 8.42 Å². The van der Waals surface area contributed by atoms with Crippen molar-refractivity contribution in [3.05, 3.63) is 37.1 Å². The molecule has 20 heavy (non-hydrogen) atoms. The van der Waals surface area contributed by atoms with Gasteiger partial charge >= 0.3 is 0 Å². The minimum absolute atomic E-state index is 0.338. The molecule has 1 N–H and O–H groups in total. The van der Waals surface area contributed by atoms with Crippen LogP contribution in [0, 0.1) is 0 Å². The zero-order valence-electron chi connectivity index (χ0n) is 11.1. The van der Waals surface area contributed by atoms with E-state index in [2.05, 4.69) is 21.2 Å². The fraction of sp³-hybridized carbons (Fsp3) is 0.333. The average Bonchev–Trinajstić information content (AvgIpc) is 2.99. The van der Waals surface area contributed by atoms with Crippen LogP contribution in [0.2, 0.25) is 0 Å². The van der Waals surface area contributed by atoms with Gasteiger partial charge in [0.2, 0.25) is 10.0 Å². The minimum atomic E-state index is -3.47. The van der Waals surface area contributed by atoms with Crippen molar-refractivity contribution in [3.63, 3.8) is 0 Å². The van der Waals surface area contributed by atoms with Gasteiger partial charge in [0.15, 0.2) is 0 Å². The lowest BCUT2D eigenvalue weighted by molar-refractivity contribution is 0.467. The summed E-state index contributed by atoms with van der Waals surface area (Å²) in [6, 6.07) is 3.66. The van der Waals surface area contributed by atoms with E-state index in [0.717, 1.165) is 10.4 Å². The number of halogens is 1. The first-order valence-corrected chi connectivity index (χ1v) is 9.84. The number of rotatable bonds is 6. The van der Waals surface area contributed by atoms with Crippen LogP contribution < -0.4 is 5.32 Å². The van der Waals surface area contributed by atoms with E-state index in [1.54, 1.807) is 24.5 Å². The Morgan fingerprint density at radius 1 is 1.45 bits per heavy atom. The molecule has 2 heterocycles. The van der Waals surface area contributed by atoms with Crippen LogP contribution in [0.15, 0.2) is 31.6 Å². The third-order valence-electron chi connectivity index (χ3n) is 2.73. The van der Waals surface area contributed by atoms with E-state index < -0.39 is 10.0 Å². The Kier molecular flexibility index (Phi) is 5.38. The first-order chi connectivity index (χ1) is 9.45. The molecule has 0 aliphatic rings. The molecule has 4 nitrogen and oxygen atoms in total. The lowest BCUT2D eigenvalue weighted by Gasteiger charge is -2.15. The third kappa shape index (κ3) is 3.49. The second-order valence-corrected chi connectivity index (χ2v) is 9.52. The molecule has 0 bridgehead atoms. The van der Waals surface area contributed by atoms with Crippen LogP contribution in [0.25, 0.3) is 0 Å². The van der Waals surface area contributed by atoms with Crippen molar-refractivity contribution in [3.8, 4) is 0 Å². The van der Waals surface area contributed by atoms with Gasteiger partial charge in [-0.2, -0.15) is 15.6 Å². The lowest BCUT2D eigenvalue weighted by Crippen LogP contribution is -2.26. The Morgan fingerprint density at radius 3 is 2.80 bits per heavy atom.